The fourth-order valence-corrected chi connectivity index (χ4v) is 4.28. The van der Waals surface area contributed by atoms with Gasteiger partial charge in [-0.1, -0.05) is 36.0 Å². The van der Waals surface area contributed by atoms with Crippen LogP contribution in [0.5, 0.6) is 0 Å². The zero-order valence-corrected chi connectivity index (χ0v) is 33.6. The summed E-state index contributed by atoms with van der Waals surface area (Å²) in [5.74, 6) is -2.45. The molecular formula is C34H56Cl2N10O14. The number of hydrogen-bond acceptors (Lipinski definition) is 13. The van der Waals surface area contributed by atoms with E-state index in [0.717, 1.165) is 37.1 Å². The van der Waals surface area contributed by atoms with Gasteiger partial charge in [-0.25, -0.2) is 4.79 Å². The maximum atomic E-state index is 10.1. The first-order chi connectivity index (χ1) is 27.7. The Balaban J connectivity index is 0. The minimum Gasteiger partial charge on any atom is -0.481 e. The van der Waals surface area contributed by atoms with Crippen LogP contribution in [0.1, 0.15) is 32.1 Å². The van der Waals surface area contributed by atoms with Crippen LogP contribution in [0.25, 0.3) is 0 Å². The minimum atomic E-state index is -2.20. The number of nitrogens with one attached hydrogen (secondary N) is 2. The van der Waals surface area contributed by atoms with Crippen molar-refractivity contribution in [3.05, 3.63) is 58.6 Å². The summed E-state index contributed by atoms with van der Waals surface area (Å²) >= 11 is 11.7. The molecular weight excluding hydrogens is 843 g/mol. The van der Waals surface area contributed by atoms with E-state index < -0.39 is 74.3 Å². The van der Waals surface area contributed by atoms with E-state index in [1.807, 2.05) is 0 Å². The van der Waals surface area contributed by atoms with E-state index in [4.69, 9.17) is 102 Å². The molecule has 0 fully saturated rings. The van der Waals surface area contributed by atoms with Gasteiger partial charge in [0.1, 0.15) is 30.5 Å². The Morgan fingerprint density at radius 3 is 1.28 bits per heavy atom. The molecule has 340 valence electrons. The van der Waals surface area contributed by atoms with Crippen LogP contribution in [0.3, 0.4) is 0 Å². The summed E-state index contributed by atoms with van der Waals surface area (Å²) in [7, 11) is 0. The Morgan fingerprint density at radius 1 is 0.583 bits per heavy atom. The number of nitrogens with zero attached hydrogens (tertiary/aromatic N) is 4. The molecule has 0 unspecified atom stereocenters. The van der Waals surface area contributed by atoms with E-state index in [9.17, 15) is 9.59 Å². The summed E-state index contributed by atoms with van der Waals surface area (Å²) in [5, 5.41) is 102. The lowest BCUT2D eigenvalue weighted by molar-refractivity contribution is -0.164. The SMILES string of the molecule is NC(=NCCCCCCN=C(N)/N=C(\N)Nc1ccc(Cl)cc1)/N=C(\N)Nc1ccc(Cl)cc1.O.O=C(O)C[C@@H](O)[C@H](O)[C@H](O)CO.O=C(O)[C@H](O)[C@@H](O)[C@H](O)[C@H](O)CO. The molecule has 2 aromatic carbocycles. The first-order valence-corrected chi connectivity index (χ1v) is 18.2. The number of nitrogens with two attached hydrogens (primary N) is 4. The van der Waals surface area contributed by atoms with E-state index >= 15 is 0 Å². The summed E-state index contributed by atoms with van der Waals surface area (Å²) in [6, 6.07) is 14.1. The molecule has 0 spiro atoms. The first-order valence-electron chi connectivity index (χ1n) is 17.5. The van der Waals surface area contributed by atoms with Gasteiger partial charge in [-0.15, -0.1) is 0 Å². The number of carboxylic acid groups (broad SMARTS) is 2. The third-order valence-electron chi connectivity index (χ3n) is 7.18. The minimum absolute atomic E-state index is 0. The summed E-state index contributed by atoms with van der Waals surface area (Å²) in [6.45, 7) is -0.444. The largest absolute Gasteiger partial charge is 0.481 e. The van der Waals surface area contributed by atoms with Crippen LogP contribution in [-0.2, 0) is 9.59 Å². The number of guanidine groups is 4. The molecule has 0 aliphatic carbocycles. The fraction of sp³-hybridized carbons (Fsp3) is 0.471. The summed E-state index contributed by atoms with van der Waals surface area (Å²) in [6.07, 6.45) is -9.54. The van der Waals surface area contributed by atoms with Crippen molar-refractivity contribution in [2.75, 3.05) is 36.9 Å². The van der Waals surface area contributed by atoms with E-state index in [0.29, 0.717) is 23.1 Å². The predicted molar refractivity (Wildman–Crippen MR) is 225 cm³/mol. The number of carbonyl (C=O) groups is 2. The van der Waals surface area contributed by atoms with Gasteiger partial charge in [0.05, 0.1) is 25.7 Å². The molecule has 0 radical (unpaired) electrons. The average molecular weight is 900 g/mol. The smallest absolute Gasteiger partial charge is 0.335 e. The molecule has 0 aliphatic rings. The maximum Gasteiger partial charge on any atom is 0.335 e. The summed E-state index contributed by atoms with van der Waals surface area (Å²) < 4.78 is 0. The molecule has 0 aliphatic heterocycles. The molecule has 0 aromatic heterocycles. The van der Waals surface area contributed by atoms with Gasteiger partial charge in [0.25, 0.3) is 0 Å². The highest BCUT2D eigenvalue weighted by Crippen LogP contribution is 2.14. The molecule has 0 saturated heterocycles. The van der Waals surface area contributed by atoms with Crippen molar-refractivity contribution in [1.82, 2.24) is 0 Å². The highest BCUT2D eigenvalue weighted by molar-refractivity contribution is 6.31. The van der Waals surface area contributed by atoms with Gasteiger partial charge in [-0.05, 0) is 61.4 Å². The monoisotopic (exact) mass is 898 g/mol. The second-order valence-electron chi connectivity index (χ2n) is 12.1. The normalized spacial score (nSPS) is 15.5. The predicted octanol–water partition coefficient (Wildman–Crippen LogP) is -3.45. The number of aliphatic hydroxyl groups is 9. The number of aliphatic carboxylic acids is 2. The van der Waals surface area contributed by atoms with Crippen LogP contribution < -0.4 is 33.6 Å². The molecule has 0 bridgehead atoms. The second-order valence-corrected chi connectivity index (χ2v) is 12.9. The van der Waals surface area contributed by atoms with Crippen LogP contribution >= 0.6 is 23.2 Å². The first kappa shape index (κ1) is 57.1. The number of hydrogen-bond donors (Lipinski definition) is 17. The molecule has 23 N–H and O–H groups in total. The number of benzene rings is 2. The van der Waals surface area contributed by atoms with Crippen molar-refractivity contribution in [2.45, 2.75) is 74.8 Å². The van der Waals surface area contributed by atoms with Gasteiger partial charge in [-0.3, -0.25) is 14.8 Å². The standard InChI is InChI=1S/C22H30Cl2N10.C6H12O7.C6H12O6.H2O/c23-15-5-9-17(10-6-15)31-21(27)33-19(25)29-13-3-1-2-4-14-30-20(26)34-22(28)32-18-11-7-16(24)8-12-18;7-1-2(8)3(9)4(10)5(11)6(12)13;7-2-4(9)6(12)3(8)1-5(10)11;/h5-12H,1-4,13-14H2,(H5,25,27,29,31,33)(H5,26,28,30,32,34);2-5,7-11H,1H2,(H,12,13);3-4,6-9,12H,1-2H2,(H,10,11);1H2/t;2-,3-,4+,5-;3-,4-,6+;/m.11./s1. The number of anilines is 2. The zero-order valence-electron chi connectivity index (χ0n) is 32.1. The van der Waals surface area contributed by atoms with E-state index in [1.165, 1.54) is 0 Å². The summed E-state index contributed by atoms with van der Waals surface area (Å²) in [5.41, 5.74) is 24.8. The molecule has 0 saturated carbocycles. The van der Waals surface area contributed by atoms with Gasteiger partial charge < -0.3 is 95.2 Å². The molecule has 0 amide bonds. The lowest BCUT2D eigenvalue weighted by atomic mass is 10.0. The topological polar surface area (TPSA) is 466 Å². The van der Waals surface area contributed by atoms with Crippen molar-refractivity contribution >= 4 is 70.4 Å². The number of rotatable bonds is 19. The van der Waals surface area contributed by atoms with Crippen LogP contribution in [0.4, 0.5) is 11.4 Å². The highest BCUT2D eigenvalue weighted by atomic mass is 35.5. The van der Waals surface area contributed by atoms with Crippen LogP contribution in [0.15, 0.2) is 68.5 Å². The van der Waals surface area contributed by atoms with Crippen molar-refractivity contribution in [3.63, 3.8) is 0 Å². The van der Waals surface area contributed by atoms with Crippen molar-refractivity contribution in [3.8, 4) is 0 Å². The Kier molecular flexibility index (Phi) is 30.4. The molecule has 7 atom stereocenters. The van der Waals surface area contributed by atoms with Crippen LogP contribution in [-0.4, -0.2) is 166 Å². The number of aliphatic hydroxyl groups excluding tert-OH is 9. The van der Waals surface area contributed by atoms with Gasteiger partial charge >= 0.3 is 11.9 Å². The Labute approximate surface area is 354 Å². The van der Waals surface area contributed by atoms with Gasteiger partial charge in [0.15, 0.2) is 6.10 Å². The van der Waals surface area contributed by atoms with Gasteiger partial charge in [0, 0.05) is 34.5 Å². The van der Waals surface area contributed by atoms with Crippen molar-refractivity contribution in [1.29, 1.82) is 0 Å². The third kappa shape index (κ3) is 26.2. The molecule has 60 heavy (non-hydrogen) atoms. The quantitative estimate of drug-likeness (QED) is 0.0370. The van der Waals surface area contributed by atoms with E-state index in [2.05, 4.69) is 30.6 Å². The number of aliphatic imine (C=N–C) groups is 4. The lowest BCUT2D eigenvalue weighted by Crippen LogP contribution is -2.48. The highest BCUT2D eigenvalue weighted by Gasteiger charge is 2.34. The average Bonchev–Trinajstić information content (AvgIpc) is 3.18. The van der Waals surface area contributed by atoms with Gasteiger partial charge in [0.2, 0.25) is 23.8 Å². The molecule has 24 nitrogen and oxygen atoms in total. The van der Waals surface area contributed by atoms with Crippen LogP contribution in [0.2, 0.25) is 10.0 Å². The van der Waals surface area contributed by atoms with Crippen molar-refractivity contribution in [2.24, 2.45) is 42.9 Å². The molecule has 0 heterocycles. The fourth-order valence-electron chi connectivity index (χ4n) is 4.03. The Bertz CT molecular complexity index is 1560. The van der Waals surface area contributed by atoms with Crippen molar-refractivity contribution < 1.29 is 71.2 Å². The Morgan fingerprint density at radius 2 is 0.950 bits per heavy atom. The van der Waals surface area contributed by atoms with E-state index in [-0.39, 0.29) is 29.3 Å². The molecule has 26 heteroatoms. The maximum absolute atomic E-state index is 10.1. The summed E-state index contributed by atoms with van der Waals surface area (Å²) in [4.78, 5) is 36.6. The van der Waals surface area contributed by atoms with Crippen LogP contribution in [0, 0.1) is 0 Å². The second kappa shape index (κ2) is 31.9. The molecule has 2 aromatic rings. The zero-order chi connectivity index (χ0) is 45.1. The van der Waals surface area contributed by atoms with Gasteiger partial charge in [-0.2, -0.15) is 9.98 Å². The Hall–Kier alpha value is -4.96. The number of unbranched alkanes of at least 4 members (excludes halogenated alkanes) is 3. The van der Waals surface area contributed by atoms with E-state index in [1.54, 1.807) is 48.5 Å². The number of carboxylic acids is 2. The third-order valence-corrected chi connectivity index (χ3v) is 7.69. The number of halogens is 2. The lowest BCUT2D eigenvalue weighted by Gasteiger charge is -2.23. The molecule has 2 rings (SSSR count).